The van der Waals surface area contributed by atoms with E-state index in [2.05, 4.69) is 50.1 Å². The molecule has 0 saturated heterocycles. The molecular weight excluding hydrogens is 326 g/mol. The van der Waals surface area contributed by atoms with Crippen molar-refractivity contribution in [2.24, 2.45) is 0 Å². The molecule has 0 amide bonds. The van der Waals surface area contributed by atoms with Gasteiger partial charge in [0.2, 0.25) is 0 Å². The quantitative estimate of drug-likeness (QED) is 0.636. The number of anilines is 1. The highest BCUT2D eigenvalue weighted by Crippen LogP contribution is 2.29. The van der Waals surface area contributed by atoms with Gasteiger partial charge >= 0.3 is 0 Å². The van der Waals surface area contributed by atoms with Crippen molar-refractivity contribution in [3.05, 3.63) is 71.8 Å². The molecule has 134 valence electrons. The van der Waals surface area contributed by atoms with Crippen molar-refractivity contribution < 1.29 is 4.74 Å². The Kier molecular flexibility index (Phi) is 5.12. The number of aromatic nitrogens is 3. The van der Waals surface area contributed by atoms with Gasteiger partial charge in [0.15, 0.2) is 11.6 Å². The largest absolute Gasteiger partial charge is 0.486 e. The van der Waals surface area contributed by atoms with Crippen molar-refractivity contribution in [2.75, 3.05) is 11.9 Å². The molecule has 0 unspecified atom stereocenters. The van der Waals surface area contributed by atoms with Crippen LogP contribution in [-0.2, 0) is 13.2 Å². The summed E-state index contributed by atoms with van der Waals surface area (Å²) < 4.78 is 5.70. The van der Waals surface area contributed by atoms with E-state index in [1.165, 1.54) is 11.3 Å². The lowest BCUT2D eigenvalue weighted by Gasteiger charge is -2.18. The zero-order valence-corrected chi connectivity index (χ0v) is 14.6. The van der Waals surface area contributed by atoms with E-state index in [1.807, 2.05) is 30.3 Å². The van der Waals surface area contributed by atoms with E-state index in [1.54, 1.807) is 0 Å². The summed E-state index contributed by atoms with van der Waals surface area (Å²) in [4.78, 5) is 4.52. The van der Waals surface area contributed by atoms with Crippen molar-refractivity contribution in [3.63, 3.8) is 0 Å². The maximum atomic E-state index is 5.70. The minimum atomic E-state index is 0.309. The Bertz CT molecular complexity index is 833. The lowest BCUT2D eigenvalue weighted by molar-refractivity contribution is 0.296. The smallest absolute Gasteiger partial charge is 0.164 e. The Hall–Kier alpha value is -2.86. The summed E-state index contributed by atoms with van der Waals surface area (Å²) in [5, 5.41) is 14.3. The van der Waals surface area contributed by atoms with E-state index in [0.717, 1.165) is 36.8 Å². The molecule has 6 heteroatoms. The minimum absolute atomic E-state index is 0.309. The molecule has 1 aliphatic heterocycles. The van der Waals surface area contributed by atoms with Crippen molar-refractivity contribution in [2.45, 2.75) is 32.0 Å². The highest BCUT2D eigenvalue weighted by molar-refractivity contribution is 5.53. The third kappa shape index (κ3) is 4.03. The van der Waals surface area contributed by atoms with Crippen LogP contribution in [0.15, 0.2) is 54.6 Å². The SMILES string of the molecule is c1ccc(OCc2nc(CN[C@@H]3CCCNc4ccccc43)n[nH]2)cc1. The van der Waals surface area contributed by atoms with Gasteiger partial charge in [0.05, 0.1) is 6.54 Å². The fraction of sp³-hybridized carbons (Fsp3) is 0.300. The molecule has 0 radical (unpaired) electrons. The molecule has 0 fully saturated rings. The fourth-order valence-corrected chi connectivity index (χ4v) is 3.22. The topological polar surface area (TPSA) is 74.9 Å². The van der Waals surface area contributed by atoms with Crippen LogP contribution in [0, 0.1) is 0 Å². The summed E-state index contributed by atoms with van der Waals surface area (Å²) in [5.74, 6) is 2.31. The molecular formula is C20H23N5O. The molecule has 6 nitrogen and oxygen atoms in total. The fourth-order valence-electron chi connectivity index (χ4n) is 3.22. The van der Waals surface area contributed by atoms with Gasteiger partial charge in [-0.15, -0.1) is 0 Å². The summed E-state index contributed by atoms with van der Waals surface area (Å²) in [6.07, 6.45) is 2.23. The molecule has 26 heavy (non-hydrogen) atoms. The van der Waals surface area contributed by atoms with E-state index in [0.29, 0.717) is 19.2 Å². The number of rotatable bonds is 6. The van der Waals surface area contributed by atoms with Gasteiger partial charge in [-0.05, 0) is 36.6 Å². The van der Waals surface area contributed by atoms with Gasteiger partial charge in [-0.25, -0.2) is 4.98 Å². The number of ether oxygens (including phenoxy) is 1. The van der Waals surface area contributed by atoms with Gasteiger partial charge in [0, 0.05) is 18.3 Å². The Morgan fingerprint density at radius 2 is 1.92 bits per heavy atom. The third-order valence-electron chi connectivity index (χ3n) is 4.52. The lowest BCUT2D eigenvalue weighted by atomic mass is 10.0. The van der Waals surface area contributed by atoms with Crippen LogP contribution in [0.4, 0.5) is 5.69 Å². The minimum Gasteiger partial charge on any atom is -0.486 e. The van der Waals surface area contributed by atoms with Crippen LogP contribution in [0.5, 0.6) is 5.75 Å². The van der Waals surface area contributed by atoms with Crippen LogP contribution in [0.1, 0.15) is 36.1 Å². The Morgan fingerprint density at radius 1 is 1.08 bits per heavy atom. The van der Waals surface area contributed by atoms with Crippen LogP contribution in [0.3, 0.4) is 0 Å². The standard InChI is InChI=1S/C20H23N5O/c1-2-7-15(8-3-1)26-14-20-23-19(24-25-20)13-22-18-11-6-12-21-17-10-5-4-9-16(17)18/h1-5,7-10,18,21-22H,6,11-14H2,(H,23,24,25)/t18-/m1/s1. The van der Waals surface area contributed by atoms with E-state index in [-0.39, 0.29) is 0 Å². The first-order valence-corrected chi connectivity index (χ1v) is 9.03. The summed E-state index contributed by atoms with van der Waals surface area (Å²) in [7, 11) is 0. The number of fused-ring (bicyclic) bond motifs is 1. The molecule has 4 rings (SSSR count). The molecule has 1 atom stereocenters. The van der Waals surface area contributed by atoms with Crippen LogP contribution in [0.25, 0.3) is 0 Å². The van der Waals surface area contributed by atoms with Crippen LogP contribution in [0.2, 0.25) is 0 Å². The van der Waals surface area contributed by atoms with Crippen LogP contribution in [-0.4, -0.2) is 21.7 Å². The lowest BCUT2D eigenvalue weighted by Crippen LogP contribution is -2.21. The van der Waals surface area contributed by atoms with E-state index >= 15 is 0 Å². The second kappa shape index (κ2) is 8.01. The molecule has 1 aliphatic rings. The average molecular weight is 349 g/mol. The van der Waals surface area contributed by atoms with E-state index in [4.69, 9.17) is 4.74 Å². The van der Waals surface area contributed by atoms with Gasteiger partial charge in [-0.1, -0.05) is 36.4 Å². The number of nitrogens with one attached hydrogen (secondary N) is 3. The zero-order valence-electron chi connectivity index (χ0n) is 14.6. The van der Waals surface area contributed by atoms with E-state index < -0.39 is 0 Å². The first-order valence-electron chi connectivity index (χ1n) is 9.03. The first-order chi connectivity index (χ1) is 12.9. The molecule has 0 aliphatic carbocycles. The van der Waals surface area contributed by atoms with E-state index in [9.17, 15) is 0 Å². The summed E-state index contributed by atoms with van der Waals surface area (Å²) in [5.41, 5.74) is 2.53. The summed E-state index contributed by atoms with van der Waals surface area (Å²) in [6.45, 7) is 2.02. The molecule has 1 aromatic heterocycles. The number of hydrogen-bond acceptors (Lipinski definition) is 5. The predicted octanol–water partition coefficient (Wildman–Crippen LogP) is 3.42. The monoisotopic (exact) mass is 349 g/mol. The van der Waals surface area contributed by atoms with Crippen LogP contribution < -0.4 is 15.4 Å². The van der Waals surface area contributed by atoms with Crippen molar-refractivity contribution in [3.8, 4) is 5.75 Å². The van der Waals surface area contributed by atoms with Gasteiger partial charge in [-0.3, -0.25) is 5.10 Å². The number of para-hydroxylation sites is 2. The Labute approximate surface area is 153 Å². The summed E-state index contributed by atoms with van der Waals surface area (Å²) >= 11 is 0. The highest BCUT2D eigenvalue weighted by Gasteiger charge is 2.18. The normalized spacial score (nSPS) is 16.4. The molecule has 2 heterocycles. The second-order valence-electron chi connectivity index (χ2n) is 6.39. The van der Waals surface area contributed by atoms with Gasteiger partial charge in [0.1, 0.15) is 12.4 Å². The maximum Gasteiger partial charge on any atom is 0.164 e. The Morgan fingerprint density at radius 3 is 2.85 bits per heavy atom. The third-order valence-corrected chi connectivity index (χ3v) is 4.52. The van der Waals surface area contributed by atoms with Crippen molar-refractivity contribution in [1.29, 1.82) is 0 Å². The molecule has 0 saturated carbocycles. The summed E-state index contributed by atoms with van der Waals surface area (Å²) in [6, 6.07) is 18.5. The number of aromatic amines is 1. The number of nitrogens with zero attached hydrogens (tertiary/aromatic N) is 2. The molecule has 2 aromatic carbocycles. The number of hydrogen-bond donors (Lipinski definition) is 3. The van der Waals surface area contributed by atoms with Crippen LogP contribution >= 0.6 is 0 Å². The van der Waals surface area contributed by atoms with Gasteiger partial charge in [0.25, 0.3) is 0 Å². The van der Waals surface area contributed by atoms with Gasteiger partial charge < -0.3 is 15.4 Å². The van der Waals surface area contributed by atoms with Crippen molar-refractivity contribution >= 4 is 5.69 Å². The second-order valence-corrected chi connectivity index (χ2v) is 6.39. The average Bonchev–Trinajstić information content (AvgIpc) is 3.05. The Balaban J connectivity index is 1.35. The molecule has 3 N–H and O–H groups in total. The maximum absolute atomic E-state index is 5.70. The van der Waals surface area contributed by atoms with Crippen molar-refractivity contribution in [1.82, 2.24) is 20.5 Å². The zero-order chi connectivity index (χ0) is 17.6. The number of benzene rings is 2. The first kappa shape index (κ1) is 16.6. The number of H-pyrrole nitrogens is 1. The predicted molar refractivity (Wildman–Crippen MR) is 101 cm³/mol. The molecule has 0 bridgehead atoms. The highest BCUT2D eigenvalue weighted by atomic mass is 16.5. The molecule has 0 spiro atoms. The van der Waals surface area contributed by atoms with Gasteiger partial charge in [-0.2, -0.15) is 5.10 Å². The molecule has 3 aromatic rings.